The predicted octanol–water partition coefficient (Wildman–Crippen LogP) is 1.65. The highest BCUT2D eigenvalue weighted by molar-refractivity contribution is 8.00. The molecular formula is C19H28FN2O2S+. The van der Waals surface area contributed by atoms with Crippen molar-refractivity contribution in [2.75, 3.05) is 38.6 Å². The van der Waals surface area contributed by atoms with E-state index in [9.17, 15) is 9.18 Å². The van der Waals surface area contributed by atoms with Crippen molar-refractivity contribution >= 4 is 17.7 Å². The molecule has 1 aliphatic carbocycles. The molecule has 0 aromatic heterocycles. The zero-order valence-corrected chi connectivity index (χ0v) is 15.5. The number of amides is 1. The van der Waals surface area contributed by atoms with E-state index >= 15 is 0 Å². The number of hydrogen-bond acceptors (Lipinski definition) is 3. The van der Waals surface area contributed by atoms with Crippen molar-refractivity contribution in [1.29, 1.82) is 0 Å². The first-order chi connectivity index (χ1) is 12.2. The largest absolute Gasteiger partial charge is 0.370 e. The predicted molar refractivity (Wildman–Crippen MR) is 97.5 cm³/mol. The third kappa shape index (κ3) is 4.96. The molecule has 25 heavy (non-hydrogen) atoms. The minimum Gasteiger partial charge on any atom is -0.370 e. The van der Waals surface area contributed by atoms with E-state index in [2.05, 4.69) is 5.32 Å². The lowest BCUT2D eigenvalue weighted by molar-refractivity contribution is -0.960. The Kier molecular flexibility index (Phi) is 6.73. The molecule has 1 aromatic rings. The Morgan fingerprint density at radius 1 is 1.20 bits per heavy atom. The molecule has 1 aromatic carbocycles. The Hall–Kier alpha value is -1.11. The average Bonchev–Trinajstić information content (AvgIpc) is 2.67. The lowest BCUT2D eigenvalue weighted by Gasteiger charge is -2.45. The molecule has 0 radical (unpaired) electrons. The molecule has 0 unspecified atom stereocenters. The molecule has 1 saturated carbocycles. The van der Waals surface area contributed by atoms with Crippen LogP contribution in [0.3, 0.4) is 0 Å². The molecule has 4 nitrogen and oxygen atoms in total. The number of ether oxygens (including phenoxy) is 1. The van der Waals surface area contributed by atoms with Crippen LogP contribution in [0.4, 0.5) is 4.39 Å². The SMILES string of the molecule is O=C(CSc1ccccc1F)NCC1([NH+]2CCOCC2)CCCCC1. The number of morpholine rings is 1. The second kappa shape index (κ2) is 9.01. The summed E-state index contributed by atoms with van der Waals surface area (Å²) in [5.41, 5.74) is 0.153. The highest BCUT2D eigenvalue weighted by Gasteiger charge is 2.42. The lowest BCUT2D eigenvalue weighted by Crippen LogP contribution is -3.23. The maximum absolute atomic E-state index is 13.7. The van der Waals surface area contributed by atoms with Gasteiger partial charge < -0.3 is 15.0 Å². The van der Waals surface area contributed by atoms with Gasteiger partial charge in [0.2, 0.25) is 5.91 Å². The fourth-order valence-electron chi connectivity index (χ4n) is 4.06. The van der Waals surface area contributed by atoms with Crippen LogP contribution in [0.2, 0.25) is 0 Å². The van der Waals surface area contributed by atoms with Crippen molar-refractivity contribution in [3.05, 3.63) is 30.1 Å². The molecule has 0 atom stereocenters. The summed E-state index contributed by atoms with van der Waals surface area (Å²) in [6, 6.07) is 6.60. The van der Waals surface area contributed by atoms with Crippen molar-refractivity contribution in [3.8, 4) is 0 Å². The van der Waals surface area contributed by atoms with Crippen LogP contribution in [0, 0.1) is 5.82 Å². The average molecular weight is 368 g/mol. The zero-order chi connectivity index (χ0) is 17.5. The Morgan fingerprint density at radius 3 is 2.64 bits per heavy atom. The third-order valence-corrected chi connectivity index (χ3v) is 6.52. The standard InChI is InChI=1S/C19H27FN2O2S/c20-16-6-2-3-7-17(16)25-14-18(23)21-15-19(8-4-1-5-9-19)22-10-12-24-13-11-22/h2-3,6-7H,1,4-5,8-15H2,(H,21,23)/p+1. The van der Waals surface area contributed by atoms with E-state index in [1.165, 1.54) is 49.9 Å². The van der Waals surface area contributed by atoms with Gasteiger partial charge >= 0.3 is 0 Å². The molecule has 3 rings (SSSR count). The van der Waals surface area contributed by atoms with Crippen LogP contribution in [0.5, 0.6) is 0 Å². The Balaban J connectivity index is 1.53. The fourth-order valence-corrected chi connectivity index (χ4v) is 4.83. The molecule has 2 aliphatic rings. The van der Waals surface area contributed by atoms with Gasteiger partial charge in [-0.25, -0.2) is 4.39 Å². The van der Waals surface area contributed by atoms with Gasteiger partial charge in [0, 0.05) is 17.7 Å². The molecule has 6 heteroatoms. The van der Waals surface area contributed by atoms with Crippen LogP contribution in [-0.4, -0.2) is 50.0 Å². The highest BCUT2D eigenvalue weighted by atomic mass is 32.2. The molecule has 2 N–H and O–H groups in total. The molecule has 1 heterocycles. The monoisotopic (exact) mass is 367 g/mol. The second-order valence-corrected chi connectivity index (χ2v) is 8.07. The maximum atomic E-state index is 13.7. The van der Waals surface area contributed by atoms with Crippen LogP contribution in [-0.2, 0) is 9.53 Å². The first-order valence-electron chi connectivity index (χ1n) is 9.27. The van der Waals surface area contributed by atoms with Crippen molar-refractivity contribution in [2.24, 2.45) is 0 Å². The number of benzene rings is 1. The van der Waals surface area contributed by atoms with Crippen molar-refractivity contribution in [3.63, 3.8) is 0 Å². The number of carbonyl (C=O) groups excluding carboxylic acids is 1. The molecule has 0 spiro atoms. The van der Waals surface area contributed by atoms with Crippen LogP contribution in [0.15, 0.2) is 29.2 Å². The van der Waals surface area contributed by atoms with E-state index in [-0.39, 0.29) is 23.0 Å². The normalized spacial score (nSPS) is 21.0. The van der Waals surface area contributed by atoms with E-state index in [1.807, 2.05) is 0 Å². The van der Waals surface area contributed by atoms with Gasteiger partial charge in [-0.1, -0.05) is 18.6 Å². The molecule has 1 amide bonds. The summed E-state index contributed by atoms with van der Waals surface area (Å²) in [6.07, 6.45) is 6.11. The minimum atomic E-state index is -0.262. The van der Waals surface area contributed by atoms with Crippen molar-refractivity contribution < 1.29 is 18.8 Å². The van der Waals surface area contributed by atoms with Gasteiger partial charge in [0.05, 0.1) is 25.5 Å². The number of thioether (sulfide) groups is 1. The summed E-state index contributed by atoms with van der Waals surface area (Å²) in [5, 5.41) is 3.14. The van der Waals surface area contributed by atoms with Gasteiger partial charge in [-0.05, 0) is 25.0 Å². The van der Waals surface area contributed by atoms with Crippen molar-refractivity contribution in [2.45, 2.75) is 42.5 Å². The highest BCUT2D eigenvalue weighted by Crippen LogP contribution is 2.26. The van der Waals surface area contributed by atoms with E-state index in [0.717, 1.165) is 32.8 Å². The van der Waals surface area contributed by atoms with Gasteiger partial charge in [0.1, 0.15) is 24.4 Å². The minimum absolute atomic E-state index is 0.00846. The van der Waals surface area contributed by atoms with Crippen LogP contribution < -0.4 is 10.2 Å². The van der Waals surface area contributed by atoms with Gasteiger partial charge in [0.15, 0.2) is 0 Å². The molecule has 1 saturated heterocycles. The van der Waals surface area contributed by atoms with Crippen LogP contribution >= 0.6 is 11.8 Å². The summed E-state index contributed by atoms with van der Waals surface area (Å²) in [6.45, 7) is 4.40. The third-order valence-electron chi connectivity index (χ3n) is 5.48. The first-order valence-corrected chi connectivity index (χ1v) is 10.3. The van der Waals surface area contributed by atoms with E-state index < -0.39 is 0 Å². The number of quaternary nitrogens is 1. The van der Waals surface area contributed by atoms with Gasteiger partial charge in [0.25, 0.3) is 0 Å². The summed E-state index contributed by atoms with van der Waals surface area (Å²) in [5.74, 6) is -0.0113. The van der Waals surface area contributed by atoms with E-state index in [1.54, 1.807) is 23.1 Å². The summed E-state index contributed by atoms with van der Waals surface area (Å²) in [4.78, 5) is 14.4. The second-order valence-electron chi connectivity index (χ2n) is 7.05. The summed E-state index contributed by atoms with van der Waals surface area (Å²) in [7, 11) is 0. The zero-order valence-electron chi connectivity index (χ0n) is 14.7. The molecule has 0 bridgehead atoms. The fraction of sp³-hybridized carbons (Fsp3) is 0.632. The molecule has 138 valence electrons. The maximum Gasteiger partial charge on any atom is 0.230 e. The van der Waals surface area contributed by atoms with Gasteiger partial charge in [-0.2, -0.15) is 0 Å². The number of rotatable bonds is 6. The quantitative estimate of drug-likeness (QED) is 0.752. The Labute approximate surface area is 153 Å². The number of halogens is 1. The lowest BCUT2D eigenvalue weighted by atomic mass is 9.79. The molecule has 2 fully saturated rings. The summed E-state index contributed by atoms with van der Waals surface area (Å²) < 4.78 is 19.2. The first kappa shape index (κ1) is 18.7. The molecular weight excluding hydrogens is 339 g/mol. The van der Waals surface area contributed by atoms with Crippen LogP contribution in [0.25, 0.3) is 0 Å². The van der Waals surface area contributed by atoms with Gasteiger partial charge in [-0.3, -0.25) is 4.79 Å². The summed E-state index contributed by atoms with van der Waals surface area (Å²) >= 11 is 1.26. The Morgan fingerprint density at radius 2 is 1.92 bits per heavy atom. The number of carbonyl (C=O) groups is 1. The Bertz CT molecular complexity index is 572. The van der Waals surface area contributed by atoms with Crippen molar-refractivity contribution in [1.82, 2.24) is 5.32 Å². The topological polar surface area (TPSA) is 42.8 Å². The number of hydrogen-bond donors (Lipinski definition) is 2. The van der Waals surface area contributed by atoms with Gasteiger partial charge in [-0.15, -0.1) is 11.8 Å². The molecule has 1 aliphatic heterocycles. The van der Waals surface area contributed by atoms with E-state index in [4.69, 9.17) is 4.74 Å². The van der Waals surface area contributed by atoms with Crippen LogP contribution in [0.1, 0.15) is 32.1 Å². The number of nitrogens with one attached hydrogen (secondary N) is 2. The smallest absolute Gasteiger partial charge is 0.230 e. The van der Waals surface area contributed by atoms with E-state index in [0.29, 0.717) is 4.90 Å².